The summed E-state index contributed by atoms with van der Waals surface area (Å²) in [5.74, 6) is 0. The first kappa shape index (κ1) is 18.9. The Morgan fingerprint density at radius 3 is 1.75 bits per heavy atom. The highest BCUT2D eigenvalue weighted by Crippen LogP contribution is 2.36. The number of hydrogen-bond acceptors (Lipinski definition) is 2. The van der Waals surface area contributed by atoms with Crippen LogP contribution in [0.3, 0.4) is 0 Å². The van der Waals surface area contributed by atoms with Crippen molar-refractivity contribution >= 4 is 8.32 Å². The summed E-state index contributed by atoms with van der Waals surface area (Å²) in [7, 11) is -1.68. The van der Waals surface area contributed by atoms with E-state index >= 15 is 0 Å². The molecule has 0 aliphatic heterocycles. The minimum Gasteiger partial charge on any atom is -0.416 e. The second kappa shape index (κ2) is 8.10. The molecule has 0 fully saturated rings. The van der Waals surface area contributed by atoms with Crippen LogP contribution in [0, 0.1) is 0 Å². The first-order valence-corrected chi connectivity index (χ1v) is 11.7. The van der Waals surface area contributed by atoms with Crippen molar-refractivity contribution in [3.63, 3.8) is 0 Å². The molecule has 2 nitrogen and oxygen atoms in total. The van der Waals surface area contributed by atoms with Crippen LogP contribution in [0.5, 0.6) is 0 Å². The molecule has 24 heavy (non-hydrogen) atoms. The van der Waals surface area contributed by atoms with Crippen molar-refractivity contribution in [3.05, 3.63) is 71.8 Å². The molecule has 0 saturated carbocycles. The van der Waals surface area contributed by atoms with E-state index in [0.717, 1.165) is 13.2 Å². The van der Waals surface area contributed by atoms with Crippen molar-refractivity contribution in [1.82, 2.24) is 5.32 Å². The van der Waals surface area contributed by atoms with Crippen molar-refractivity contribution in [2.24, 2.45) is 0 Å². The predicted molar refractivity (Wildman–Crippen MR) is 106 cm³/mol. The molecule has 0 bridgehead atoms. The minimum absolute atomic E-state index is 0.204. The molecule has 0 amide bonds. The Morgan fingerprint density at radius 1 is 0.875 bits per heavy atom. The fourth-order valence-corrected chi connectivity index (χ4v) is 3.49. The van der Waals surface area contributed by atoms with Gasteiger partial charge in [-0.2, -0.15) is 0 Å². The lowest BCUT2D eigenvalue weighted by molar-refractivity contribution is 0.282. The molecule has 2 aromatic carbocycles. The average Bonchev–Trinajstić information content (AvgIpc) is 2.55. The van der Waals surface area contributed by atoms with Crippen LogP contribution < -0.4 is 5.32 Å². The molecule has 0 unspecified atom stereocenters. The van der Waals surface area contributed by atoms with E-state index in [0.29, 0.717) is 0 Å². The highest BCUT2D eigenvalue weighted by atomic mass is 28.4. The SMILES string of the molecule is CC(C)(C)[Si](C)(C)OCCNC(c1ccccc1)c1ccccc1. The number of rotatable bonds is 7. The second-order valence-corrected chi connectivity index (χ2v) is 12.6. The maximum atomic E-state index is 6.29. The lowest BCUT2D eigenvalue weighted by Gasteiger charge is -2.36. The van der Waals surface area contributed by atoms with Gasteiger partial charge in [0.2, 0.25) is 0 Å². The average molecular weight is 342 g/mol. The van der Waals surface area contributed by atoms with Gasteiger partial charge in [0, 0.05) is 13.2 Å². The predicted octanol–water partition coefficient (Wildman–Crippen LogP) is 5.39. The lowest BCUT2D eigenvalue weighted by Crippen LogP contribution is -2.42. The summed E-state index contributed by atoms with van der Waals surface area (Å²) in [6.07, 6.45) is 0. The van der Waals surface area contributed by atoms with Gasteiger partial charge in [-0.3, -0.25) is 0 Å². The Balaban J connectivity index is 2.01. The minimum atomic E-state index is -1.68. The summed E-state index contributed by atoms with van der Waals surface area (Å²) in [6.45, 7) is 13.1. The fraction of sp³-hybridized carbons (Fsp3) is 0.429. The lowest BCUT2D eigenvalue weighted by atomic mass is 9.99. The molecule has 0 aliphatic carbocycles. The fourth-order valence-electron chi connectivity index (χ4n) is 2.45. The molecule has 0 aliphatic rings. The van der Waals surface area contributed by atoms with Crippen molar-refractivity contribution in [1.29, 1.82) is 0 Å². The first-order chi connectivity index (χ1) is 11.3. The number of hydrogen-bond donors (Lipinski definition) is 1. The van der Waals surface area contributed by atoms with Crippen LogP contribution in [0.15, 0.2) is 60.7 Å². The third kappa shape index (κ3) is 5.03. The van der Waals surface area contributed by atoms with Crippen LogP contribution in [-0.2, 0) is 4.43 Å². The van der Waals surface area contributed by atoms with Crippen LogP contribution in [0.2, 0.25) is 18.1 Å². The van der Waals surface area contributed by atoms with Crippen LogP contribution in [0.1, 0.15) is 37.9 Å². The van der Waals surface area contributed by atoms with Crippen molar-refractivity contribution in [3.8, 4) is 0 Å². The summed E-state index contributed by atoms with van der Waals surface area (Å²) in [5, 5.41) is 3.93. The van der Waals surface area contributed by atoms with E-state index in [2.05, 4.69) is 99.8 Å². The van der Waals surface area contributed by atoms with E-state index in [4.69, 9.17) is 4.43 Å². The molecule has 2 aromatic rings. The molecule has 0 spiro atoms. The molecule has 1 N–H and O–H groups in total. The van der Waals surface area contributed by atoms with Crippen molar-refractivity contribution < 1.29 is 4.43 Å². The van der Waals surface area contributed by atoms with Crippen molar-refractivity contribution in [2.45, 2.75) is 44.9 Å². The van der Waals surface area contributed by atoms with Gasteiger partial charge in [0.1, 0.15) is 0 Å². The zero-order valence-electron chi connectivity index (χ0n) is 15.7. The third-order valence-corrected chi connectivity index (χ3v) is 9.52. The van der Waals surface area contributed by atoms with Gasteiger partial charge in [0.15, 0.2) is 8.32 Å². The Bertz CT molecular complexity index is 565. The van der Waals surface area contributed by atoms with Crippen LogP contribution >= 0.6 is 0 Å². The molecule has 0 radical (unpaired) electrons. The molecule has 3 heteroatoms. The van der Waals surface area contributed by atoms with Gasteiger partial charge in [-0.15, -0.1) is 0 Å². The molecule has 0 aromatic heterocycles. The summed E-state index contributed by atoms with van der Waals surface area (Å²) < 4.78 is 6.29. The van der Waals surface area contributed by atoms with E-state index in [1.165, 1.54) is 11.1 Å². The molecular weight excluding hydrogens is 310 g/mol. The third-order valence-electron chi connectivity index (χ3n) is 4.99. The molecule has 0 heterocycles. The Morgan fingerprint density at radius 2 is 1.33 bits per heavy atom. The van der Waals surface area contributed by atoms with Gasteiger partial charge in [0.25, 0.3) is 0 Å². The van der Waals surface area contributed by atoms with Crippen LogP contribution in [0.25, 0.3) is 0 Å². The first-order valence-electron chi connectivity index (χ1n) is 8.78. The number of benzene rings is 2. The Kier molecular flexibility index (Phi) is 6.38. The van der Waals surface area contributed by atoms with Gasteiger partial charge in [-0.25, -0.2) is 0 Å². The molecular formula is C21H31NOSi. The van der Waals surface area contributed by atoms with Gasteiger partial charge >= 0.3 is 0 Å². The number of nitrogens with one attached hydrogen (secondary N) is 1. The normalized spacial score (nSPS) is 12.6. The zero-order chi connectivity index (χ0) is 17.6. The Labute approximate surface area is 148 Å². The van der Waals surface area contributed by atoms with Gasteiger partial charge in [0.05, 0.1) is 6.04 Å². The topological polar surface area (TPSA) is 21.3 Å². The molecule has 130 valence electrons. The summed E-state index contributed by atoms with van der Waals surface area (Å²) >= 11 is 0. The van der Waals surface area contributed by atoms with Crippen LogP contribution in [-0.4, -0.2) is 21.5 Å². The standard InChI is InChI=1S/C21H31NOSi/c1-21(2,3)24(4,5)23-17-16-22-20(18-12-8-6-9-13-18)19-14-10-7-11-15-19/h6-15,20,22H,16-17H2,1-5H3. The monoisotopic (exact) mass is 341 g/mol. The smallest absolute Gasteiger partial charge is 0.192 e. The van der Waals surface area contributed by atoms with Gasteiger partial charge < -0.3 is 9.74 Å². The molecule has 0 atom stereocenters. The Hall–Kier alpha value is -1.42. The van der Waals surface area contributed by atoms with E-state index in [1.54, 1.807) is 0 Å². The van der Waals surface area contributed by atoms with Gasteiger partial charge in [-0.1, -0.05) is 81.4 Å². The second-order valence-electron chi connectivity index (χ2n) is 7.82. The quantitative estimate of drug-likeness (QED) is 0.539. The van der Waals surface area contributed by atoms with Crippen molar-refractivity contribution in [2.75, 3.05) is 13.2 Å². The van der Waals surface area contributed by atoms with E-state index in [1.807, 2.05) is 0 Å². The highest BCUT2D eigenvalue weighted by molar-refractivity contribution is 6.74. The van der Waals surface area contributed by atoms with E-state index < -0.39 is 8.32 Å². The van der Waals surface area contributed by atoms with Gasteiger partial charge in [-0.05, 0) is 29.3 Å². The van der Waals surface area contributed by atoms with E-state index in [-0.39, 0.29) is 11.1 Å². The summed E-state index contributed by atoms with van der Waals surface area (Å²) in [6, 6.07) is 21.4. The zero-order valence-corrected chi connectivity index (χ0v) is 16.7. The molecule has 0 saturated heterocycles. The maximum Gasteiger partial charge on any atom is 0.192 e. The molecule has 2 rings (SSSR count). The van der Waals surface area contributed by atoms with E-state index in [9.17, 15) is 0 Å². The summed E-state index contributed by atoms with van der Waals surface area (Å²) in [5.41, 5.74) is 2.58. The largest absolute Gasteiger partial charge is 0.416 e. The maximum absolute atomic E-state index is 6.29. The highest BCUT2D eigenvalue weighted by Gasteiger charge is 2.36. The summed E-state index contributed by atoms with van der Waals surface area (Å²) in [4.78, 5) is 0. The van der Waals surface area contributed by atoms with Crippen LogP contribution in [0.4, 0.5) is 0 Å².